The van der Waals surface area contributed by atoms with Gasteiger partial charge in [-0.05, 0) is 18.4 Å². The molecule has 0 aromatic heterocycles. The Bertz CT molecular complexity index is 338. The fraction of sp³-hybridized carbons (Fsp3) is 0.562. The maximum absolute atomic E-state index is 11.5. The van der Waals surface area contributed by atoms with Crippen molar-refractivity contribution in [2.24, 2.45) is 0 Å². The van der Waals surface area contributed by atoms with Gasteiger partial charge in [0.1, 0.15) is 0 Å². The molecule has 0 aliphatic rings. The molecule has 1 aromatic carbocycles. The van der Waals surface area contributed by atoms with E-state index in [0.717, 1.165) is 19.4 Å². The summed E-state index contributed by atoms with van der Waals surface area (Å²) in [6.07, 6.45) is 6.99. The molecule has 2 amide bonds. The van der Waals surface area contributed by atoms with Crippen molar-refractivity contribution < 1.29 is 4.79 Å². The molecular weight excluding hydrogens is 236 g/mol. The topological polar surface area (TPSA) is 41.1 Å². The van der Waals surface area contributed by atoms with Crippen LogP contribution in [0.4, 0.5) is 4.79 Å². The van der Waals surface area contributed by atoms with Crippen molar-refractivity contribution in [3.05, 3.63) is 35.9 Å². The summed E-state index contributed by atoms with van der Waals surface area (Å²) in [4.78, 5) is 11.5. The number of hydrogen-bond acceptors (Lipinski definition) is 1. The Morgan fingerprint density at radius 3 is 2.37 bits per heavy atom. The van der Waals surface area contributed by atoms with E-state index in [1.54, 1.807) is 0 Å². The number of hydrogen-bond donors (Lipinski definition) is 2. The number of amides is 2. The maximum Gasteiger partial charge on any atom is 0.314 e. The largest absolute Gasteiger partial charge is 0.338 e. The van der Waals surface area contributed by atoms with Gasteiger partial charge in [0.15, 0.2) is 0 Å². The third-order valence-corrected chi connectivity index (χ3v) is 3.11. The van der Waals surface area contributed by atoms with Crippen LogP contribution < -0.4 is 10.6 Å². The van der Waals surface area contributed by atoms with Crippen LogP contribution >= 0.6 is 0 Å². The van der Waals surface area contributed by atoms with Crippen LogP contribution in [0.2, 0.25) is 0 Å². The van der Waals surface area contributed by atoms with E-state index in [4.69, 9.17) is 0 Å². The first-order valence-corrected chi connectivity index (χ1v) is 7.38. The first-order chi connectivity index (χ1) is 9.33. The Hall–Kier alpha value is -1.51. The minimum absolute atomic E-state index is 0.0496. The third-order valence-electron chi connectivity index (χ3n) is 3.11. The highest BCUT2D eigenvalue weighted by atomic mass is 16.2. The Morgan fingerprint density at radius 2 is 1.63 bits per heavy atom. The van der Waals surface area contributed by atoms with Gasteiger partial charge in [-0.2, -0.15) is 0 Å². The summed E-state index contributed by atoms with van der Waals surface area (Å²) in [5.41, 5.74) is 1.25. The molecule has 1 rings (SSSR count). The lowest BCUT2D eigenvalue weighted by Crippen LogP contribution is -2.37. The second-order valence-corrected chi connectivity index (χ2v) is 4.83. The molecule has 3 heteroatoms. The van der Waals surface area contributed by atoms with Gasteiger partial charge in [0, 0.05) is 13.1 Å². The van der Waals surface area contributed by atoms with E-state index in [2.05, 4.69) is 29.7 Å². The summed E-state index contributed by atoms with van der Waals surface area (Å²) in [7, 11) is 0. The second kappa shape index (κ2) is 10.4. The zero-order valence-electron chi connectivity index (χ0n) is 12.0. The predicted molar refractivity (Wildman–Crippen MR) is 80.3 cm³/mol. The average Bonchev–Trinajstić information content (AvgIpc) is 2.44. The summed E-state index contributed by atoms with van der Waals surface area (Å²) in [5, 5.41) is 5.78. The first-order valence-electron chi connectivity index (χ1n) is 7.38. The van der Waals surface area contributed by atoms with Crippen molar-refractivity contribution in [3.8, 4) is 0 Å². The highest BCUT2D eigenvalue weighted by Crippen LogP contribution is 2.01. The summed E-state index contributed by atoms with van der Waals surface area (Å²) in [6.45, 7) is 3.67. The van der Waals surface area contributed by atoms with Gasteiger partial charge in [0.25, 0.3) is 0 Å². The number of urea groups is 1. The molecule has 0 radical (unpaired) electrons. The molecule has 0 bridgehead atoms. The summed E-state index contributed by atoms with van der Waals surface area (Å²) < 4.78 is 0. The van der Waals surface area contributed by atoms with Gasteiger partial charge in [-0.25, -0.2) is 4.79 Å². The van der Waals surface area contributed by atoms with Crippen LogP contribution in [0.15, 0.2) is 30.3 Å². The molecule has 0 fully saturated rings. The molecule has 0 atom stereocenters. The minimum Gasteiger partial charge on any atom is -0.338 e. The second-order valence-electron chi connectivity index (χ2n) is 4.83. The number of rotatable bonds is 9. The zero-order chi connectivity index (χ0) is 13.8. The van der Waals surface area contributed by atoms with Gasteiger partial charge in [0.05, 0.1) is 0 Å². The highest BCUT2D eigenvalue weighted by Gasteiger charge is 1.98. The summed E-state index contributed by atoms with van der Waals surface area (Å²) >= 11 is 0. The molecule has 0 unspecified atom stereocenters. The van der Waals surface area contributed by atoms with Crippen LogP contribution in [0.25, 0.3) is 0 Å². The molecule has 19 heavy (non-hydrogen) atoms. The quantitative estimate of drug-likeness (QED) is 0.657. The number of unbranched alkanes of at least 4 members (excludes halogenated alkanes) is 4. The minimum atomic E-state index is -0.0496. The van der Waals surface area contributed by atoms with Crippen LogP contribution in [0.5, 0.6) is 0 Å². The fourth-order valence-corrected chi connectivity index (χ4v) is 1.96. The van der Waals surface area contributed by atoms with Crippen molar-refractivity contribution in [1.29, 1.82) is 0 Å². The third kappa shape index (κ3) is 8.25. The van der Waals surface area contributed by atoms with Crippen LogP contribution in [-0.2, 0) is 6.42 Å². The standard InChI is InChI=1S/C16H26N2O/c1-2-3-4-5-9-13-17-16(19)18-14-12-15-10-7-6-8-11-15/h6-8,10-11H,2-5,9,12-14H2,1H3,(H2,17,18,19). The van der Waals surface area contributed by atoms with E-state index >= 15 is 0 Å². The van der Waals surface area contributed by atoms with Crippen LogP contribution in [-0.4, -0.2) is 19.1 Å². The lowest BCUT2D eigenvalue weighted by Gasteiger charge is -2.07. The Morgan fingerprint density at radius 1 is 0.947 bits per heavy atom. The first kappa shape index (κ1) is 15.5. The lowest BCUT2D eigenvalue weighted by atomic mass is 10.1. The normalized spacial score (nSPS) is 10.2. The average molecular weight is 262 g/mol. The van der Waals surface area contributed by atoms with Gasteiger partial charge in [-0.15, -0.1) is 0 Å². The summed E-state index contributed by atoms with van der Waals surface area (Å²) in [5.74, 6) is 0. The van der Waals surface area contributed by atoms with E-state index in [-0.39, 0.29) is 6.03 Å². The van der Waals surface area contributed by atoms with Gasteiger partial charge >= 0.3 is 6.03 Å². The van der Waals surface area contributed by atoms with Crippen molar-refractivity contribution in [3.63, 3.8) is 0 Å². The molecule has 106 valence electrons. The molecule has 2 N–H and O–H groups in total. The molecule has 0 saturated carbocycles. The fourth-order valence-electron chi connectivity index (χ4n) is 1.96. The highest BCUT2D eigenvalue weighted by molar-refractivity contribution is 5.73. The Balaban J connectivity index is 1.96. The number of carbonyl (C=O) groups is 1. The van der Waals surface area contributed by atoms with E-state index in [9.17, 15) is 4.79 Å². The van der Waals surface area contributed by atoms with Crippen molar-refractivity contribution >= 4 is 6.03 Å². The molecular formula is C16H26N2O. The van der Waals surface area contributed by atoms with E-state index in [1.165, 1.54) is 31.2 Å². The molecule has 1 aromatic rings. The monoisotopic (exact) mass is 262 g/mol. The smallest absolute Gasteiger partial charge is 0.314 e. The molecule has 0 heterocycles. The van der Waals surface area contributed by atoms with Gasteiger partial charge < -0.3 is 10.6 Å². The number of carbonyl (C=O) groups excluding carboxylic acids is 1. The van der Waals surface area contributed by atoms with Gasteiger partial charge in [0.2, 0.25) is 0 Å². The van der Waals surface area contributed by atoms with Crippen LogP contribution in [0, 0.1) is 0 Å². The molecule has 3 nitrogen and oxygen atoms in total. The molecule has 0 saturated heterocycles. The Kier molecular flexibility index (Phi) is 8.52. The van der Waals surface area contributed by atoms with Crippen LogP contribution in [0.3, 0.4) is 0 Å². The molecule has 0 spiro atoms. The van der Waals surface area contributed by atoms with Gasteiger partial charge in [-0.1, -0.05) is 62.9 Å². The molecule has 0 aliphatic heterocycles. The van der Waals surface area contributed by atoms with Crippen molar-refractivity contribution in [2.75, 3.05) is 13.1 Å². The number of nitrogens with one attached hydrogen (secondary N) is 2. The molecule has 0 aliphatic carbocycles. The van der Waals surface area contributed by atoms with E-state index < -0.39 is 0 Å². The SMILES string of the molecule is CCCCCCCNC(=O)NCCc1ccccc1. The lowest BCUT2D eigenvalue weighted by molar-refractivity contribution is 0.241. The van der Waals surface area contributed by atoms with E-state index in [1.807, 2.05) is 18.2 Å². The van der Waals surface area contributed by atoms with Crippen molar-refractivity contribution in [2.45, 2.75) is 45.4 Å². The predicted octanol–water partition coefficient (Wildman–Crippen LogP) is 3.50. The van der Waals surface area contributed by atoms with E-state index in [0.29, 0.717) is 6.54 Å². The van der Waals surface area contributed by atoms with Gasteiger partial charge in [-0.3, -0.25) is 0 Å². The zero-order valence-corrected chi connectivity index (χ0v) is 12.0. The Labute approximate surface area is 116 Å². The van der Waals surface area contributed by atoms with Crippen LogP contribution in [0.1, 0.15) is 44.6 Å². The number of benzene rings is 1. The maximum atomic E-state index is 11.5. The van der Waals surface area contributed by atoms with Crippen molar-refractivity contribution in [1.82, 2.24) is 10.6 Å². The summed E-state index contributed by atoms with van der Waals surface area (Å²) in [6, 6.07) is 10.1.